The van der Waals surface area contributed by atoms with Crippen LogP contribution in [0, 0.1) is 6.92 Å². The zero-order chi connectivity index (χ0) is 7.30. The first kappa shape index (κ1) is 6.38. The van der Waals surface area contributed by atoms with Gasteiger partial charge in [0.25, 0.3) is 0 Å². The molecule has 10 heavy (non-hydrogen) atoms. The van der Waals surface area contributed by atoms with Crippen LogP contribution in [0.5, 0.6) is 0 Å². The van der Waals surface area contributed by atoms with Crippen LogP contribution in [0.15, 0.2) is 21.9 Å². The number of rotatable bonds is 0. The fraction of sp³-hybridized carbons (Fsp3) is 0.143. The average Bonchev–Trinajstić information content (AvgIpc) is 2.54. The summed E-state index contributed by atoms with van der Waals surface area (Å²) >= 11 is 5.83. The number of hydrogen-bond donors (Lipinski definition) is 0. The van der Waals surface area contributed by atoms with Crippen LogP contribution in [-0.2, 0) is 10.8 Å². The van der Waals surface area contributed by atoms with Gasteiger partial charge in [0, 0.05) is 0 Å². The predicted molar refractivity (Wildman–Crippen MR) is 40.9 cm³/mol. The molecule has 1 aromatic carbocycles. The molecule has 0 bridgehead atoms. The van der Waals surface area contributed by atoms with Crippen LogP contribution in [0.4, 0.5) is 0 Å². The summed E-state index contributed by atoms with van der Waals surface area (Å²) in [5.74, 6) is 0. The van der Waals surface area contributed by atoms with E-state index in [1.165, 1.54) is 0 Å². The molecule has 0 N–H and O–H groups in total. The van der Waals surface area contributed by atoms with Crippen molar-refractivity contribution in [3.8, 4) is 0 Å². The predicted octanol–water partition coefficient (Wildman–Crippen LogP) is 2.13. The minimum Gasteiger partial charge on any atom is -0.249 e. The minimum absolute atomic E-state index is 0.677. The highest BCUT2D eigenvalue weighted by Gasteiger charge is 2.31. The van der Waals surface area contributed by atoms with Crippen molar-refractivity contribution in [3.63, 3.8) is 0 Å². The Morgan fingerprint density at radius 2 is 2.20 bits per heavy atom. The molecule has 2 rings (SSSR count). The van der Waals surface area contributed by atoms with E-state index in [0.29, 0.717) is 5.02 Å². The zero-order valence-corrected chi connectivity index (χ0v) is 6.92. The number of benzene rings is 1. The van der Waals surface area contributed by atoms with Crippen LogP contribution >= 0.6 is 11.6 Å². The van der Waals surface area contributed by atoms with Crippen LogP contribution in [0.1, 0.15) is 5.56 Å². The quantitative estimate of drug-likeness (QED) is 0.557. The van der Waals surface area contributed by atoms with Gasteiger partial charge in [0.05, 0.1) is 25.6 Å². The smallest absolute Gasteiger partial charge is 0.0890 e. The van der Waals surface area contributed by atoms with Gasteiger partial charge in [-0.2, -0.15) is 0 Å². The Balaban J connectivity index is 2.74. The fourth-order valence-electron chi connectivity index (χ4n) is 0.926. The molecule has 0 fully saturated rings. The molecule has 1 aromatic rings. The van der Waals surface area contributed by atoms with E-state index < -0.39 is 10.8 Å². The molecule has 1 nitrogen and oxygen atoms in total. The summed E-state index contributed by atoms with van der Waals surface area (Å²) in [6, 6.07) is 3.76. The van der Waals surface area contributed by atoms with E-state index in [1.54, 1.807) is 0 Å². The third-order valence-corrected chi connectivity index (χ3v) is 3.53. The molecule has 0 aromatic heterocycles. The Labute approximate surface area is 66.5 Å². The van der Waals surface area contributed by atoms with Crippen LogP contribution in [-0.4, -0.2) is 4.21 Å². The van der Waals surface area contributed by atoms with Gasteiger partial charge in [-0.05, 0) is 18.6 Å². The lowest BCUT2D eigenvalue weighted by Crippen LogP contribution is -1.69. The molecule has 0 radical (unpaired) electrons. The number of halogens is 1. The van der Waals surface area contributed by atoms with E-state index in [9.17, 15) is 4.21 Å². The molecule has 1 atom stereocenters. The van der Waals surface area contributed by atoms with Gasteiger partial charge in [0.15, 0.2) is 0 Å². The maximum Gasteiger partial charge on any atom is 0.0890 e. The van der Waals surface area contributed by atoms with Gasteiger partial charge in [0.1, 0.15) is 0 Å². The lowest BCUT2D eigenvalue weighted by Gasteiger charge is -1.88. The van der Waals surface area contributed by atoms with Crippen molar-refractivity contribution < 1.29 is 4.21 Å². The summed E-state index contributed by atoms with van der Waals surface area (Å²) in [6.07, 6.45) is 0. The second kappa shape index (κ2) is 1.83. The lowest BCUT2D eigenvalue weighted by molar-refractivity contribution is 0.693. The molecule has 0 amide bonds. The van der Waals surface area contributed by atoms with Gasteiger partial charge in [-0.25, -0.2) is 4.21 Å². The number of hydrogen-bond acceptors (Lipinski definition) is 1. The zero-order valence-electron chi connectivity index (χ0n) is 5.35. The molecule has 1 heterocycles. The third kappa shape index (κ3) is 0.662. The van der Waals surface area contributed by atoms with Crippen molar-refractivity contribution in [2.24, 2.45) is 0 Å². The van der Waals surface area contributed by atoms with E-state index in [-0.39, 0.29) is 0 Å². The first-order valence-electron chi connectivity index (χ1n) is 2.92. The van der Waals surface area contributed by atoms with Crippen molar-refractivity contribution in [1.82, 2.24) is 0 Å². The van der Waals surface area contributed by atoms with E-state index in [0.717, 1.165) is 15.4 Å². The highest BCUT2D eigenvalue weighted by atomic mass is 35.5. The molecule has 0 saturated heterocycles. The lowest BCUT2D eigenvalue weighted by atomic mass is 10.2. The molecule has 1 unspecified atom stereocenters. The van der Waals surface area contributed by atoms with Crippen LogP contribution in [0.2, 0.25) is 5.02 Å². The fourth-order valence-corrected chi connectivity index (χ4v) is 2.44. The summed E-state index contributed by atoms with van der Waals surface area (Å²) in [6.45, 7) is 1.91. The maximum atomic E-state index is 10.9. The second-order valence-corrected chi connectivity index (χ2v) is 4.06. The molecule has 0 spiro atoms. The van der Waals surface area contributed by atoms with E-state index in [2.05, 4.69) is 0 Å². The monoisotopic (exact) mass is 172 g/mol. The van der Waals surface area contributed by atoms with Gasteiger partial charge in [-0.15, -0.1) is 0 Å². The van der Waals surface area contributed by atoms with E-state index >= 15 is 0 Å². The maximum absolute atomic E-state index is 10.9. The van der Waals surface area contributed by atoms with E-state index in [4.69, 9.17) is 11.6 Å². The molecular weight excluding hydrogens is 168 g/mol. The summed E-state index contributed by atoms with van der Waals surface area (Å²) in [4.78, 5) is 1.73. The molecular formula is C7H5ClOS. The highest BCUT2D eigenvalue weighted by molar-refractivity contribution is 7.91. The van der Waals surface area contributed by atoms with Crippen molar-refractivity contribution in [1.29, 1.82) is 0 Å². The molecule has 1 aliphatic heterocycles. The van der Waals surface area contributed by atoms with Gasteiger partial charge < -0.3 is 0 Å². The Kier molecular flexibility index (Phi) is 1.17. The third-order valence-electron chi connectivity index (χ3n) is 1.60. The average molecular weight is 173 g/mol. The topological polar surface area (TPSA) is 17.1 Å². The summed E-state index contributed by atoms with van der Waals surface area (Å²) < 4.78 is 10.9. The number of aryl methyl sites for hydroxylation is 1. The van der Waals surface area contributed by atoms with Gasteiger partial charge in [-0.3, -0.25) is 0 Å². The Hall–Kier alpha value is -0.340. The van der Waals surface area contributed by atoms with Gasteiger partial charge in [0.2, 0.25) is 0 Å². The van der Waals surface area contributed by atoms with Crippen molar-refractivity contribution in [2.75, 3.05) is 0 Å². The van der Waals surface area contributed by atoms with Crippen molar-refractivity contribution >= 4 is 22.4 Å². The van der Waals surface area contributed by atoms with E-state index in [1.807, 2.05) is 19.1 Å². The molecule has 0 aliphatic carbocycles. The standard InChI is InChI=1S/C7H5ClOS/c1-4-2-3-5-7(6(4)8)10(5)9/h2-3H,1H3. The Morgan fingerprint density at radius 1 is 1.50 bits per heavy atom. The van der Waals surface area contributed by atoms with Crippen LogP contribution in [0.3, 0.4) is 0 Å². The van der Waals surface area contributed by atoms with Crippen molar-refractivity contribution in [2.45, 2.75) is 16.7 Å². The van der Waals surface area contributed by atoms with Crippen molar-refractivity contribution in [3.05, 3.63) is 22.7 Å². The van der Waals surface area contributed by atoms with Crippen LogP contribution < -0.4 is 0 Å². The molecule has 3 heteroatoms. The normalized spacial score (nSPS) is 20.4. The van der Waals surface area contributed by atoms with Crippen LogP contribution in [0.25, 0.3) is 0 Å². The molecule has 0 saturated carbocycles. The number of fused-ring (bicyclic) bond motifs is 1. The van der Waals surface area contributed by atoms with Gasteiger partial charge >= 0.3 is 0 Å². The summed E-state index contributed by atoms with van der Waals surface area (Å²) in [7, 11) is -0.868. The minimum atomic E-state index is -0.868. The first-order valence-corrected chi connectivity index (χ1v) is 4.45. The second-order valence-electron chi connectivity index (χ2n) is 2.29. The molecule has 52 valence electrons. The Bertz CT molecular complexity index is 333. The summed E-state index contributed by atoms with van der Waals surface area (Å²) in [5, 5.41) is 0.677. The summed E-state index contributed by atoms with van der Waals surface area (Å²) in [5.41, 5.74) is 1.01. The first-order chi connectivity index (χ1) is 4.72. The molecule has 1 aliphatic rings. The highest BCUT2D eigenvalue weighted by Crippen LogP contribution is 2.42. The van der Waals surface area contributed by atoms with Gasteiger partial charge in [-0.1, -0.05) is 17.7 Å². The SMILES string of the molecule is Cc1ccc2c(c1Cl)S2=O. The Morgan fingerprint density at radius 3 is 2.80 bits per heavy atom. The largest absolute Gasteiger partial charge is 0.249 e.